The average molecular weight is 503 g/mol. The van der Waals surface area contributed by atoms with Crippen molar-refractivity contribution in [1.29, 1.82) is 0 Å². The molecule has 2 aromatic rings. The molecule has 4 rings (SSSR count). The minimum absolute atomic E-state index is 0.00241. The van der Waals surface area contributed by atoms with Gasteiger partial charge < -0.3 is 9.47 Å². The van der Waals surface area contributed by atoms with Gasteiger partial charge >= 0.3 is 11.9 Å². The van der Waals surface area contributed by atoms with Gasteiger partial charge in [0.1, 0.15) is 11.5 Å². The summed E-state index contributed by atoms with van der Waals surface area (Å²) in [5.41, 5.74) is 4.26. The lowest BCUT2D eigenvalue weighted by atomic mass is 9.83. The number of hydrogen-bond acceptors (Lipinski definition) is 4. The Labute approximate surface area is 222 Å². The molecule has 0 N–H and O–H groups in total. The van der Waals surface area contributed by atoms with E-state index in [4.69, 9.17) is 9.47 Å². The summed E-state index contributed by atoms with van der Waals surface area (Å²) in [4.78, 5) is 27.4. The molecule has 4 atom stereocenters. The molecular weight excluding hydrogens is 460 g/mol. The predicted octanol–water partition coefficient (Wildman–Crippen LogP) is 8.13. The van der Waals surface area contributed by atoms with E-state index in [1.165, 1.54) is 0 Å². The van der Waals surface area contributed by atoms with Crippen molar-refractivity contribution in [3.05, 3.63) is 70.8 Å². The second-order valence-corrected chi connectivity index (χ2v) is 12.1. The van der Waals surface area contributed by atoms with Crippen molar-refractivity contribution in [3.63, 3.8) is 0 Å². The van der Waals surface area contributed by atoms with Crippen LogP contribution in [-0.2, 0) is 9.59 Å². The van der Waals surface area contributed by atoms with Crippen molar-refractivity contribution in [3.8, 4) is 11.5 Å². The first-order chi connectivity index (χ1) is 17.5. The smallest absolute Gasteiger partial charge is 0.315 e. The highest BCUT2D eigenvalue weighted by Gasteiger charge is 2.53. The lowest BCUT2D eigenvalue weighted by Gasteiger charge is -2.26. The number of esters is 2. The standard InChI is InChI=1S/C33H42O4/c1-18(2)22-11-13-26(20(5)6)28(16-22)36-32(34)30-24-9-10-25(15-24)31(30)33(35)37-29-17-23(19(3)4)12-14-27(29)21(7)8/h9-14,16-21,24-25,30-31H,15H2,1-8H3. The lowest BCUT2D eigenvalue weighted by Crippen LogP contribution is -2.38. The highest BCUT2D eigenvalue weighted by Crippen LogP contribution is 2.49. The molecule has 2 aromatic carbocycles. The highest BCUT2D eigenvalue weighted by atomic mass is 16.5. The van der Waals surface area contributed by atoms with E-state index >= 15 is 0 Å². The molecule has 4 nitrogen and oxygen atoms in total. The molecular formula is C33H42O4. The molecule has 2 bridgehead atoms. The Balaban J connectivity index is 1.61. The highest BCUT2D eigenvalue weighted by molar-refractivity contribution is 5.87. The van der Waals surface area contributed by atoms with Gasteiger partial charge in [-0.25, -0.2) is 0 Å². The van der Waals surface area contributed by atoms with Crippen molar-refractivity contribution in [2.75, 3.05) is 0 Å². The van der Waals surface area contributed by atoms with Gasteiger partial charge in [-0.2, -0.15) is 0 Å². The summed E-state index contributed by atoms with van der Waals surface area (Å²) in [6, 6.07) is 12.3. The molecule has 0 heterocycles. The molecule has 0 amide bonds. The Morgan fingerprint density at radius 3 is 1.32 bits per heavy atom. The molecule has 37 heavy (non-hydrogen) atoms. The Morgan fingerprint density at radius 1 is 0.622 bits per heavy atom. The maximum Gasteiger partial charge on any atom is 0.315 e. The fraction of sp³-hybridized carbons (Fsp3) is 0.515. The number of carbonyl (C=O) groups is 2. The van der Waals surface area contributed by atoms with E-state index in [1.807, 2.05) is 12.1 Å². The predicted molar refractivity (Wildman–Crippen MR) is 148 cm³/mol. The van der Waals surface area contributed by atoms with E-state index in [-0.39, 0.29) is 35.6 Å². The van der Waals surface area contributed by atoms with E-state index < -0.39 is 11.8 Å². The molecule has 0 aliphatic heterocycles. The monoisotopic (exact) mass is 502 g/mol. The van der Waals surface area contributed by atoms with Gasteiger partial charge in [0, 0.05) is 0 Å². The normalized spacial score (nSPS) is 22.5. The molecule has 4 heteroatoms. The first-order valence-electron chi connectivity index (χ1n) is 13.9. The van der Waals surface area contributed by atoms with Crippen LogP contribution in [-0.4, -0.2) is 11.9 Å². The van der Waals surface area contributed by atoms with E-state index in [0.717, 1.165) is 28.7 Å². The quantitative estimate of drug-likeness (QED) is 0.208. The Bertz CT molecular complexity index is 1100. The molecule has 2 aliphatic carbocycles. The largest absolute Gasteiger partial charge is 0.426 e. The lowest BCUT2D eigenvalue weighted by molar-refractivity contribution is -0.151. The molecule has 1 fully saturated rings. The van der Waals surface area contributed by atoms with Crippen LogP contribution in [0.3, 0.4) is 0 Å². The summed E-state index contributed by atoms with van der Waals surface area (Å²) in [5.74, 6) is 0.542. The van der Waals surface area contributed by atoms with Gasteiger partial charge in [-0.15, -0.1) is 0 Å². The number of benzene rings is 2. The van der Waals surface area contributed by atoms with Crippen LogP contribution in [0.25, 0.3) is 0 Å². The van der Waals surface area contributed by atoms with Gasteiger partial charge in [0.05, 0.1) is 11.8 Å². The number of fused-ring (bicyclic) bond motifs is 2. The van der Waals surface area contributed by atoms with Gasteiger partial charge in [0.15, 0.2) is 0 Å². The van der Waals surface area contributed by atoms with Gasteiger partial charge in [-0.3, -0.25) is 9.59 Å². The van der Waals surface area contributed by atoms with Crippen LogP contribution < -0.4 is 9.47 Å². The molecule has 4 unspecified atom stereocenters. The van der Waals surface area contributed by atoms with Gasteiger partial charge in [0.25, 0.3) is 0 Å². The third-order valence-corrected chi connectivity index (χ3v) is 8.08. The SMILES string of the molecule is CC(C)c1ccc(C(C)C)c(OC(=O)C2C3C=CC(C3)C2C(=O)Oc2cc(C(C)C)ccc2C(C)C)c1. The van der Waals surface area contributed by atoms with Crippen LogP contribution in [0.1, 0.15) is 108 Å². The van der Waals surface area contributed by atoms with Crippen molar-refractivity contribution in [1.82, 2.24) is 0 Å². The summed E-state index contributed by atoms with van der Waals surface area (Å²) in [7, 11) is 0. The van der Waals surface area contributed by atoms with Crippen LogP contribution in [0.4, 0.5) is 0 Å². The number of ether oxygens (including phenoxy) is 2. The first-order valence-corrected chi connectivity index (χ1v) is 13.9. The summed E-state index contributed by atoms with van der Waals surface area (Å²) < 4.78 is 12.2. The zero-order chi connectivity index (χ0) is 27.0. The number of carbonyl (C=O) groups excluding carboxylic acids is 2. The van der Waals surface area contributed by atoms with E-state index in [9.17, 15) is 9.59 Å². The number of allylic oxidation sites excluding steroid dienone is 2. The summed E-state index contributed by atoms with van der Waals surface area (Å²) >= 11 is 0. The Morgan fingerprint density at radius 2 is 1.00 bits per heavy atom. The molecule has 0 radical (unpaired) electrons. The van der Waals surface area contributed by atoms with Crippen molar-refractivity contribution >= 4 is 11.9 Å². The summed E-state index contributed by atoms with van der Waals surface area (Å²) in [5, 5.41) is 0. The second kappa shape index (κ2) is 10.8. The minimum atomic E-state index is -0.541. The van der Waals surface area contributed by atoms with E-state index in [1.54, 1.807) is 0 Å². The molecule has 2 aliphatic rings. The van der Waals surface area contributed by atoms with Crippen molar-refractivity contribution in [2.45, 2.75) is 85.5 Å². The maximum atomic E-state index is 13.7. The molecule has 0 aromatic heterocycles. The first kappa shape index (κ1) is 27.2. The van der Waals surface area contributed by atoms with Gasteiger partial charge in [-0.05, 0) is 76.3 Å². The van der Waals surface area contributed by atoms with E-state index in [2.05, 4.69) is 91.8 Å². The fourth-order valence-corrected chi connectivity index (χ4v) is 5.77. The van der Waals surface area contributed by atoms with Gasteiger partial charge in [0.2, 0.25) is 0 Å². The Kier molecular flexibility index (Phi) is 7.96. The van der Waals surface area contributed by atoms with Crippen LogP contribution in [0.2, 0.25) is 0 Å². The zero-order valence-corrected chi connectivity index (χ0v) is 23.6. The number of rotatable bonds is 8. The van der Waals surface area contributed by atoms with Crippen LogP contribution in [0.5, 0.6) is 11.5 Å². The van der Waals surface area contributed by atoms with Crippen LogP contribution in [0.15, 0.2) is 48.6 Å². The molecule has 1 saturated carbocycles. The molecule has 0 saturated heterocycles. The van der Waals surface area contributed by atoms with Crippen LogP contribution >= 0.6 is 0 Å². The fourth-order valence-electron chi connectivity index (χ4n) is 5.77. The summed E-state index contributed by atoms with van der Waals surface area (Å²) in [6.45, 7) is 16.9. The van der Waals surface area contributed by atoms with Crippen LogP contribution in [0, 0.1) is 23.7 Å². The average Bonchev–Trinajstić information content (AvgIpc) is 3.45. The molecule has 198 valence electrons. The third-order valence-electron chi connectivity index (χ3n) is 8.08. The Hall–Kier alpha value is -2.88. The van der Waals surface area contributed by atoms with Crippen molar-refractivity contribution in [2.24, 2.45) is 23.7 Å². The second-order valence-electron chi connectivity index (χ2n) is 12.1. The van der Waals surface area contributed by atoms with Crippen molar-refractivity contribution < 1.29 is 19.1 Å². The third kappa shape index (κ3) is 5.54. The molecule has 0 spiro atoms. The van der Waals surface area contributed by atoms with Gasteiger partial charge in [-0.1, -0.05) is 91.8 Å². The summed E-state index contributed by atoms with van der Waals surface area (Å²) in [6.07, 6.45) is 4.94. The zero-order valence-electron chi connectivity index (χ0n) is 23.6. The number of hydrogen-bond donors (Lipinski definition) is 0. The maximum absolute atomic E-state index is 13.7. The topological polar surface area (TPSA) is 52.6 Å². The van der Waals surface area contributed by atoms with E-state index in [0.29, 0.717) is 23.3 Å². The minimum Gasteiger partial charge on any atom is -0.426 e.